The van der Waals surface area contributed by atoms with Gasteiger partial charge in [-0.05, 0) is 54.6 Å². The number of hydrogen-bond acceptors (Lipinski definition) is 4. The van der Waals surface area contributed by atoms with Crippen LogP contribution in [0.5, 0.6) is 0 Å². The molecule has 0 aliphatic carbocycles. The highest BCUT2D eigenvalue weighted by Crippen LogP contribution is 2.37. The predicted molar refractivity (Wildman–Crippen MR) is 137 cm³/mol. The Hall–Kier alpha value is -3.84. The first-order valence-electron chi connectivity index (χ1n) is 10.4. The van der Waals surface area contributed by atoms with Crippen LogP contribution in [0.2, 0.25) is 0 Å². The molecule has 0 spiro atoms. The molecular weight excluding hydrogens is 434 g/mol. The molecule has 33 heavy (non-hydrogen) atoms. The Morgan fingerprint density at radius 3 is 2.24 bits per heavy atom. The Morgan fingerprint density at radius 2 is 1.58 bits per heavy atom. The maximum Gasteiger partial charge on any atom is 0.258 e. The zero-order valence-corrected chi connectivity index (χ0v) is 19.5. The Balaban J connectivity index is 1.99. The Morgan fingerprint density at radius 1 is 0.909 bits per heavy atom. The lowest BCUT2D eigenvalue weighted by atomic mass is 9.98. The van der Waals surface area contributed by atoms with E-state index < -0.39 is 10.0 Å². The number of para-hydroxylation sites is 1. The van der Waals surface area contributed by atoms with Crippen molar-refractivity contribution in [2.24, 2.45) is 7.05 Å². The molecule has 7 heteroatoms. The van der Waals surface area contributed by atoms with Gasteiger partial charge in [0.2, 0.25) is 0 Å². The highest BCUT2D eigenvalue weighted by atomic mass is 32.2. The van der Waals surface area contributed by atoms with E-state index in [0.29, 0.717) is 11.1 Å². The summed E-state index contributed by atoms with van der Waals surface area (Å²) in [7, 11) is -1.97. The average Bonchev–Trinajstić information content (AvgIpc) is 2.79. The number of pyridine rings is 1. The molecule has 0 unspecified atom stereocenters. The van der Waals surface area contributed by atoms with Crippen molar-refractivity contribution in [2.75, 3.05) is 10.0 Å². The minimum atomic E-state index is -3.68. The summed E-state index contributed by atoms with van der Waals surface area (Å²) in [5.74, 6) is 0. The summed E-state index contributed by atoms with van der Waals surface area (Å²) < 4.78 is 28.3. The van der Waals surface area contributed by atoms with Crippen LogP contribution in [0.15, 0.2) is 83.6 Å². The van der Waals surface area contributed by atoms with Gasteiger partial charge < -0.3 is 9.88 Å². The fourth-order valence-electron chi connectivity index (χ4n) is 3.92. The van der Waals surface area contributed by atoms with Crippen LogP contribution in [0.3, 0.4) is 0 Å². The first-order valence-corrected chi connectivity index (χ1v) is 12.0. The molecule has 0 amide bonds. The van der Waals surface area contributed by atoms with Crippen molar-refractivity contribution < 1.29 is 8.42 Å². The van der Waals surface area contributed by atoms with Crippen LogP contribution >= 0.6 is 0 Å². The van der Waals surface area contributed by atoms with Gasteiger partial charge in [-0.2, -0.15) is 0 Å². The van der Waals surface area contributed by atoms with Crippen molar-refractivity contribution in [2.45, 2.75) is 13.8 Å². The quantitative estimate of drug-likeness (QED) is 0.402. The predicted octanol–water partition coefficient (Wildman–Crippen LogP) is 5.45. The number of aryl methyl sites for hydroxylation is 3. The molecular formula is C26H25N3O3S. The number of nitrogens with one attached hydrogen (secondary N) is 2. The SMILES string of the molecule is C=CS(=O)(=O)Nc1ccc(Nc2c(C)cccc2C)c(-c2cn(C)c(=O)c3ccccc23)c1. The lowest BCUT2D eigenvalue weighted by molar-refractivity contribution is 0.609. The first-order chi connectivity index (χ1) is 15.7. The number of sulfonamides is 1. The van der Waals surface area contributed by atoms with Crippen molar-refractivity contribution in [3.63, 3.8) is 0 Å². The molecule has 0 aliphatic heterocycles. The molecule has 0 fully saturated rings. The molecule has 0 radical (unpaired) electrons. The molecule has 0 bridgehead atoms. The molecule has 3 aromatic carbocycles. The highest BCUT2D eigenvalue weighted by Gasteiger charge is 2.16. The summed E-state index contributed by atoms with van der Waals surface area (Å²) >= 11 is 0. The lowest BCUT2D eigenvalue weighted by Gasteiger charge is -2.19. The highest BCUT2D eigenvalue weighted by molar-refractivity contribution is 7.95. The number of nitrogens with zero attached hydrogens (tertiary/aromatic N) is 1. The van der Waals surface area contributed by atoms with E-state index in [-0.39, 0.29) is 5.56 Å². The van der Waals surface area contributed by atoms with E-state index >= 15 is 0 Å². The van der Waals surface area contributed by atoms with Crippen LogP contribution in [0.25, 0.3) is 21.9 Å². The van der Waals surface area contributed by atoms with Gasteiger partial charge in [-0.25, -0.2) is 8.42 Å². The molecule has 4 aromatic rings. The third kappa shape index (κ3) is 4.40. The number of hydrogen-bond donors (Lipinski definition) is 2. The molecule has 4 rings (SSSR count). The smallest absolute Gasteiger partial charge is 0.258 e. The summed E-state index contributed by atoms with van der Waals surface area (Å²) in [5.41, 5.74) is 5.81. The summed E-state index contributed by atoms with van der Waals surface area (Å²) in [4.78, 5) is 12.7. The zero-order valence-electron chi connectivity index (χ0n) is 18.7. The van der Waals surface area contributed by atoms with Crippen molar-refractivity contribution in [1.29, 1.82) is 0 Å². The molecule has 2 N–H and O–H groups in total. The molecule has 1 heterocycles. The molecule has 1 aromatic heterocycles. The second-order valence-electron chi connectivity index (χ2n) is 7.97. The van der Waals surface area contributed by atoms with Crippen LogP contribution in [-0.2, 0) is 17.1 Å². The van der Waals surface area contributed by atoms with E-state index in [2.05, 4.69) is 16.6 Å². The number of fused-ring (bicyclic) bond motifs is 1. The van der Waals surface area contributed by atoms with Crippen molar-refractivity contribution in [1.82, 2.24) is 4.57 Å². The molecule has 168 valence electrons. The molecule has 0 saturated carbocycles. The summed E-state index contributed by atoms with van der Waals surface area (Å²) in [6.07, 6.45) is 1.78. The van der Waals surface area contributed by atoms with Gasteiger partial charge in [0.15, 0.2) is 0 Å². The summed E-state index contributed by atoms with van der Waals surface area (Å²) in [5, 5.41) is 5.77. The van der Waals surface area contributed by atoms with Crippen LogP contribution in [0.1, 0.15) is 11.1 Å². The van der Waals surface area contributed by atoms with Gasteiger partial charge in [-0.15, -0.1) is 0 Å². The Kier molecular flexibility index (Phi) is 5.82. The second kappa shape index (κ2) is 8.60. The van der Waals surface area contributed by atoms with Gasteiger partial charge in [0, 0.05) is 52.2 Å². The van der Waals surface area contributed by atoms with Gasteiger partial charge in [-0.3, -0.25) is 9.52 Å². The minimum Gasteiger partial charge on any atom is -0.355 e. The molecule has 0 aliphatic rings. The van der Waals surface area contributed by atoms with Crippen molar-refractivity contribution in [3.8, 4) is 11.1 Å². The van der Waals surface area contributed by atoms with E-state index in [4.69, 9.17) is 0 Å². The second-order valence-corrected chi connectivity index (χ2v) is 9.60. The van der Waals surface area contributed by atoms with Crippen molar-refractivity contribution in [3.05, 3.63) is 100 Å². The third-order valence-corrected chi connectivity index (χ3v) is 6.58. The van der Waals surface area contributed by atoms with Crippen LogP contribution in [0.4, 0.5) is 17.1 Å². The monoisotopic (exact) mass is 459 g/mol. The van der Waals surface area contributed by atoms with Gasteiger partial charge in [0.1, 0.15) is 0 Å². The fourth-order valence-corrected chi connectivity index (χ4v) is 4.46. The standard InChI is InChI=1S/C26H25N3O3S/c1-5-33(31,32)28-19-13-14-24(27-25-17(2)9-8-10-18(25)3)22(15-19)23-16-29(4)26(30)21-12-7-6-11-20(21)23/h5-16,27-28H,1H2,2-4H3. The van der Waals surface area contributed by atoms with Gasteiger partial charge in [0.05, 0.1) is 0 Å². The zero-order chi connectivity index (χ0) is 23.8. The maximum absolute atomic E-state index is 12.7. The van der Waals surface area contributed by atoms with E-state index in [0.717, 1.165) is 44.4 Å². The van der Waals surface area contributed by atoms with Crippen LogP contribution in [-0.4, -0.2) is 13.0 Å². The first kappa shape index (κ1) is 22.4. The van der Waals surface area contributed by atoms with E-state index in [1.807, 2.05) is 56.3 Å². The number of anilines is 3. The summed E-state index contributed by atoms with van der Waals surface area (Å²) in [6.45, 7) is 7.43. The Labute approximate surface area is 193 Å². The van der Waals surface area contributed by atoms with Crippen LogP contribution < -0.4 is 15.6 Å². The van der Waals surface area contributed by atoms with Crippen LogP contribution in [0, 0.1) is 13.8 Å². The van der Waals surface area contributed by atoms with Gasteiger partial charge in [0.25, 0.3) is 15.6 Å². The number of benzene rings is 3. The van der Waals surface area contributed by atoms with Gasteiger partial charge in [-0.1, -0.05) is 43.0 Å². The average molecular weight is 460 g/mol. The van der Waals surface area contributed by atoms with E-state index in [9.17, 15) is 13.2 Å². The number of rotatable bonds is 6. The van der Waals surface area contributed by atoms with Gasteiger partial charge >= 0.3 is 0 Å². The normalized spacial score (nSPS) is 11.4. The molecule has 6 nitrogen and oxygen atoms in total. The fraction of sp³-hybridized carbons (Fsp3) is 0.115. The summed E-state index contributed by atoms with van der Waals surface area (Å²) in [6, 6.07) is 18.8. The molecule has 0 saturated heterocycles. The topological polar surface area (TPSA) is 80.2 Å². The van der Waals surface area contributed by atoms with Crippen molar-refractivity contribution >= 4 is 37.9 Å². The van der Waals surface area contributed by atoms with E-state index in [1.54, 1.807) is 36.0 Å². The third-order valence-electron chi connectivity index (χ3n) is 5.62. The lowest BCUT2D eigenvalue weighted by Crippen LogP contribution is -2.16. The Bertz CT molecular complexity index is 1530. The molecule has 0 atom stereocenters. The van der Waals surface area contributed by atoms with E-state index in [1.165, 1.54) is 0 Å². The minimum absolute atomic E-state index is 0.0953. The maximum atomic E-state index is 12.7. The number of aromatic nitrogens is 1. The largest absolute Gasteiger partial charge is 0.355 e.